The number of ether oxygens (including phenoxy) is 1. The number of aromatic nitrogens is 1. The van der Waals surface area contributed by atoms with E-state index in [4.69, 9.17) is 4.74 Å². The van der Waals surface area contributed by atoms with Crippen molar-refractivity contribution in [3.8, 4) is 0 Å². The third-order valence-electron chi connectivity index (χ3n) is 2.29. The maximum atomic E-state index is 11.4. The molecule has 0 saturated carbocycles. The van der Waals surface area contributed by atoms with Gasteiger partial charge in [0, 0.05) is 30.0 Å². The summed E-state index contributed by atoms with van der Waals surface area (Å²) in [5.41, 5.74) is 0.676. The molecule has 1 aromatic rings. The Morgan fingerprint density at radius 3 is 2.75 bits per heavy atom. The lowest BCUT2D eigenvalue weighted by Gasteiger charge is -2.19. The number of nitrogens with one attached hydrogen (secondary N) is 2. The Morgan fingerprint density at radius 1 is 1.35 bits per heavy atom. The van der Waals surface area contributed by atoms with E-state index in [1.807, 2.05) is 33.0 Å². The summed E-state index contributed by atoms with van der Waals surface area (Å²) in [7, 11) is 0. The molecular formula is C14H22BrN3O2. The molecule has 1 amide bonds. The highest BCUT2D eigenvalue weighted by Gasteiger charge is 2.15. The van der Waals surface area contributed by atoms with Crippen molar-refractivity contribution >= 4 is 22.0 Å². The quantitative estimate of drug-likeness (QED) is 0.779. The zero-order chi connectivity index (χ0) is 15.0. The summed E-state index contributed by atoms with van der Waals surface area (Å²) in [5, 5.41) is 6.02. The number of amides is 1. The number of carbonyl (C=O) groups is 1. The molecule has 112 valence electrons. The molecule has 0 aliphatic heterocycles. The molecule has 0 fully saturated rings. The molecule has 0 bridgehead atoms. The van der Waals surface area contributed by atoms with Crippen molar-refractivity contribution in [2.45, 2.75) is 39.3 Å². The number of hydrogen-bond acceptors (Lipinski definition) is 4. The Morgan fingerprint density at radius 2 is 2.10 bits per heavy atom. The molecule has 0 spiro atoms. The Labute approximate surface area is 128 Å². The molecule has 0 atom stereocenters. The van der Waals surface area contributed by atoms with Gasteiger partial charge in [0.25, 0.3) is 0 Å². The number of carbonyl (C=O) groups excluding carboxylic acids is 1. The van der Waals surface area contributed by atoms with Gasteiger partial charge >= 0.3 is 6.09 Å². The topological polar surface area (TPSA) is 63.2 Å². The van der Waals surface area contributed by atoms with Crippen molar-refractivity contribution in [1.29, 1.82) is 0 Å². The standard InChI is InChI=1S/C14H22BrN3O2/c1-14(2,3)20-13(19)18-6-4-5-16-8-11-7-12(15)10-17-9-11/h7,9-10,16H,4-6,8H2,1-3H3,(H,18,19). The van der Waals surface area contributed by atoms with E-state index in [1.165, 1.54) is 0 Å². The van der Waals surface area contributed by atoms with Crippen LogP contribution in [-0.4, -0.2) is 29.8 Å². The van der Waals surface area contributed by atoms with Crippen molar-refractivity contribution in [3.05, 3.63) is 28.5 Å². The van der Waals surface area contributed by atoms with Crippen molar-refractivity contribution in [2.75, 3.05) is 13.1 Å². The number of pyridine rings is 1. The summed E-state index contributed by atoms with van der Waals surface area (Å²) in [5.74, 6) is 0. The predicted molar refractivity (Wildman–Crippen MR) is 82.5 cm³/mol. The Balaban J connectivity index is 2.07. The molecule has 1 heterocycles. The van der Waals surface area contributed by atoms with Gasteiger partial charge in [-0.1, -0.05) is 0 Å². The molecule has 0 aliphatic carbocycles. The van der Waals surface area contributed by atoms with Crippen LogP contribution in [0.2, 0.25) is 0 Å². The van der Waals surface area contributed by atoms with Gasteiger partial charge in [-0.3, -0.25) is 4.98 Å². The number of hydrogen-bond donors (Lipinski definition) is 2. The molecular weight excluding hydrogens is 322 g/mol. The van der Waals surface area contributed by atoms with Crippen molar-refractivity contribution in [3.63, 3.8) is 0 Å². The molecule has 0 saturated heterocycles. The summed E-state index contributed by atoms with van der Waals surface area (Å²) in [6.45, 7) is 7.72. The first kappa shape index (κ1) is 16.9. The average Bonchev–Trinajstić information content (AvgIpc) is 2.31. The number of nitrogens with zero attached hydrogens (tertiary/aromatic N) is 1. The Kier molecular flexibility index (Phi) is 6.95. The second-order valence-electron chi connectivity index (χ2n) is 5.47. The van der Waals surface area contributed by atoms with Crippen LogP contribution in [0.5, 0.6) is 0 Å². The second-order valence-corrected chi connectivity index (χ2v) is 6.39. The first-order valence-corrected chi connectivity index (χ1v) is 7.43. The zero-order valence-electron chi connectivity index (χ0n) is 12.2. The largest absolute Gasteiger partial charge is 0.444 e. The summed E-state index contributed by atoms with van der Waals surface area (Å²) in [6, 6.07) is 2.03. The van der Waals surface area contributed by atoms with E-state index >= 15 is 0 Å². The van der Waals surface area contributed by atoms with E-state index in [2.05, 4.69) is 31.5 Å². The molecule has 2 N–H and O–H groups in total. The Bertz CT molecular complexity index is 433. The van der Waals surface area contributed by atoms with E-state index in [1.54, 1.807) is 6.20 Å². The van der Waals surface area contributed by atoms with Crippen LogP contribution in [0.4, 0.5) is 4.79 Å². The number of rotatable bonds is 6. The summed E-state index contributed by atoms with van der Waals surface area (Å²) in [4.78, 5) is 15.5. The van der Waals surface area contributed by atoms with Crippen LogP contribution in [-0.2, 0) is 11.3 Å². The van der Waals surface area contributed by atoms with Crippen LogP contribution in [0.15, 0.2) is 22.9 Å². The van der Waals surface area contributed by atoms with E-state index in [9.17, 15) is 4.79 Å². The van der Waals surface area contributed by atoms with E-state index in [-0.39, 0.29) is 6.09 Å². The third-order valence-corrected chi connectivity index (χ3v) is 2.72. The number of halogens is 1. The fourth-order valence-corrected chi connectivity index (χ4v) is 1.92. The fourth-order valence-electron chi connectivity index (χ4n) is 1.50. The van der Waals surface area contributed by atoms with Crippen LogP contribution >= 0.6 is 15.9 Å². The predicted octanol–water partition coefficient (Wildman–Crippen LogP) is 2.85. The molecule has 0 radical (unpaired) electrons. The smallest absolute Gasteiger partial charge is 0.407 e. The van der Waals surface area contributed by atoms with Gasteiger partial charge in [0.2, 0.25) is 0 Å². The monoisotopic (exact) mass is 343 g/mol. The molecule has 5 nitrogen and oxygen atoms in total. The maximum absolute atomic E-state index is 11.4. The molecule has 1 rings (SSSR count). The van der Waals surface area contributed by atoms with Gasteiger partial charge in [0.1, 0.15) is 5.60 Å². The highest BCUT2D eigenvalue weighted by atomic mass is 79.9. The van der Waals surface area contributed by atoms with Crippen LogP contribution in [0.1, 0.15) is 32.8 Å². The summed E-state index contributed by atoms with van der Waals surface area (Å²) in [6.07, 6.45) is 4.07. The van der Waals surface area contributed by atoms with E-state index in [0.29, 0.717) is 6.54 Å². The first-order chi connectivity index (χ1) is 9.37. The number of alkyl carbamates (subject to hydrolysis) is 1. The summed E-state index contributed by atoms with van der Waals surface area (Å²) < 4.78 is 6.12. The van der Waals surface area contributed by atoms with Crippen LogP contribution in [0.25, 0.3) is 0 Å². The molecule has 20 heavy (non-hydrogen) atoms. The van der Waals surface area contributed by atoms with Gasteiger partial charge in [0.05, 0.1) is 0 Å². The molecule has 0 unspecified atom stereocenters. The third kappa shape index (κ3) is 8.12. The zero-order valence-corrected chi connectivity index (χ0v) is 13.8. The normalized spacial score (nSPS) is 11.2. The molecule has 1 aromatic heterocycles. The highest BCUT2D eigenvalue weighted by molar-refractivity contribution is 9.10. The van der Waals surface area contributed by atoms with Crippen molar-refractivity contribution in [1.82, 2.24) is 15.6 Å². The van der Waals surface area contributed by atoms with Crippen LogP contribution in [0, 0.1) is 0 Å². The highest BCUT2D eigenvalue weighted by Crippen LogP contribution is 2.09. The second kappa shape index (κ2) is 8.21. The van der Waals surface area contributed by atoms with Crippen LogP contribution in [0.3, 0.4) is 0 Å². The van der Waals surface area contributed by atoms with Crippen molar-refractivity contribution < 1.29 is 9.53 Å². The van der Waals surface area contributed by atoms with Gasteiger partial charge in [-0.05, 0) is 61.3 Å². The van der Waals surface area contributed by atoms with Gasteiger partial charge in [-0.15, -0.1) is 0 Å². The van der Waals surface area contributed by atoms with E-state index in [0.717, 1.165) is 29.5 Å². The lowest BCUT2D eigenvalue weighted by atomic mass is 10.2. The van der Waals surface area contributed by atoms with Gasteiger partial charge in [0.15, 0.2) is 0 Å². The SMILES string of the molecule is CC(C)(C)OC(=O)NCCCNCc1cncc(Br)c1. The Hall–Kier alpha value is -1.14. The molecule has 6 heteroatoms. The van der Waals surface area contributed by atoms with Crippen LogP contribution < -0.4 is 10.6 Å². The lowest BCUT2D eigenvalue weighted by Crippen LogP contribution is -2.33. The maximum Gasteiger partial charge on any atom is 0.407 e. The van der Waals surface area contributed by atoms with Gasteiger partial charge in [-0.2, -0.15) is 0 Å². The van der Waals surface area contributed by atoms with Crippen molar-refractivity contribution in [2.24, 2.45) is 0 Å². The minimum atomic E-state index is -0.448. The van der Waals surface area contributed by atoms with Gasteiger partial charge < -0.3 is 15.4 Å². The average molecular weight is 344 g/mol. The van der Waals surface area contributed by atoms with Gasteiger partial charge in [-0.25, -0.2) is 4.79 Å². The molecule has 0 aliphatic rings. The fraction of sp³-hybridized carbons (Fsp3) is 0.571. The first-order valence-electron chi connectivity index (χ1n) is 6.64. The summed E-state index contributed by atoms with van der Waals surface area (Å²) >= 11 is 3.38. The minimum Gasteiger partial charge on any atom is -0.444 e. The lowest BCUT2D eigenvalue weighted by molar-refractivity contribution is 0.0527. The van der Waals surface area contributed by atoms with E-state index < -0.39 is 5.60 Å². The minimum absolute atomic E-state index is 0.367. The molecule has 0 aromatic carbocycles.